The molecular weight excluding hydrogens is 321 g/mol. The molecule has 1 aromatic rings. The minimum absolute atomic E-state index is 0.00925. The molecule has 0 radical (unpaired) electrons. The Balaban J connectivity index is 2.06. The molecule has 1 aliphatic rings. The summed E-state index contributed by atoms with van der Waals surface area (Å²) in [4.78, 5) is 0. The summed E-state index contributed by atoms with van der Waals surface area (Å²) in [7, 11) is 1.79. The first-order valence-electron chi connectivity index (χ1n) is 7.31. The fourth-order valence-electron chi connectivity index (χ4n) is 2.98. The molecule has 1 N–H and O–H groups in total. The van der Waals surface area contributed by atoms with Crippen LogP contribution in [0, 0.1) is 5.82 Å². The summed E-state index contributed by atoms with van der Waals surface area (Å²) in [5.41, 5.74) is 0.769. The molecule has 1 fully saturated rings. The number of halogens is 2. The highest BCUT2D eigenvalue weighted by Crippen LogP contribution is 2.39. The van der Waals surface area contributed by atoms with Gasteiger partial charge < -0.3 is 10.1 Å². The Morgan fingerprint density at radius 3 is 2.75 bits per heavy atom. The zero-order valence-electron chi connectivity index (χ0n) is 12.2. The monoisotopic (exact) mass is 343 g/mol. The molecule has 1 aromatic carbocycles. The molecule has 20 heavy (non-hydrogen) atoms. The van der Waals surface area contributed by atoms with Crippen molar-refractivity contribution >= 4 is 15.9 Å². The van der Waals surface area contributed by atoms with Gasteiger partial charge in [0.05, 0.1) is 5.60 Å². The summed E-state index contributed by atoms with van der Waals surface area (Å²) in [6.45, 7) is 2.98. The maximum atomic E-state index is 13.9. The van der Waals surface area contributed by atoms with Crippen LogP contribution < -0.4 is 5.32 Å². The lowest BCUT2D eigenvalue weighted by molar-refractivity contribution is -0.0833. The van der Waals surface area contributed by atoms with E-state index in [9.17, 15) is 4.39 Å². The lowest BCUT2D eigenvalue weighted by Gasteiger charge is -2.43. The Bertz CT molecular complexity index is 443. The molecule has 4 heteroatoms. The smallest absolute Gasteiger partial charge is 0.126 e. The highest BCUT2D eigenvalue weighted by atomic mass is 79.9. The van der Waals surface area contributed by atoms with E-state index in [1.54, 1.807) is 13.2 Å². The van der Waals surface area contributed by atoms with Crippen LogP contribution in [0.4, 0.5) is 4.39 Å². The number of nitrogens with one attached hydrogen (secondary N) is 1. The minimum Gasteiger partial charge on any atom is -0.378 e. The van der Waals surface area contributed by atoms with Gasteiger partial charge in [0.15, 0.2) is 0 Å². The van der Waals surface area contributed by atoms with E-state index in [2.05, 4.69) is 28.2 Å². The molecule has 2 rings (SSSR count). The van der Waals surface area contributed by atoms with Crippen molar-refractivity contribution < 1.29 is 9.13 Å². The molecule has 0 amide bonds. The lowest BCUT2D eigenvalue weighted by Crippen LogP contribution is -2.46. The van der Waals surface area contributed by atoms with Gasteiger partial charge in [0.2, 0.25) is 0 Å². The van der Waals surface area contributed by atoms with Gasteiger partial charge in [0, 0.05) is 17.6 Å². The Labute approximate surface area is 129 Å². The predicted molar refractivity (Wildman–Crippen MR) is 83.5 cm³/mol. The summed E-state index contributed by atoms with van der Waals surface area (Å²) >= 11 is 3.41. The maximum Gasteiger partial charge on any atom is 0.126 e. The molecule has 112 valence electrons. The van der Waals surface area contributed by atoms with Crippen molar-refractivity contribution in [1.29, 1.82) is 0 Å². The second-order valence-corrected chi connectivity index (χ2v) is 6.55. The van der Waals surface area contributed by atoms with E-state index < -0.39 is 0 Å². The molecule has 1 unspecified atom stereocenters. The lowest BCUT2D eigenvalue weighted by atomic mass is 9.75. The highest BCUT2D eigenvalue weighted by molar-refractivity contribution is 9.10. The van der Waals surface area contributed by atoms with Gasteiger partial charge >= 0.3 is 0 Å². The third kappa shape index (κ3) is 3.80. The number of methoxy groups -OCH3 is 1. The molecule has 1 aliphatic carbocycles. The van der Waals surface area contributed by atoms with E-state index in [1.165, 1.54) is 12.5 Å². The molecule has 0 saturated heterocycles. The molecule has 0 aliphatic heterocycles. The van der Waals surface area contributed by atoms with Crippen molar-refractivity contribution in [3.63, 3.8) is 0 Å². The molecule has 0 spiro atoms. The second kappa shape index (κ2) is 7.01. The fourth-order valence-corrected chi connectivity index (χ4v) is 3.39. The van der Waals surface area contributed by atoms with Crippen molar-refractivity contribution in [3.05, 3.63) is 34.1 Å². The average Bonchev–Trinajstić information content (AvgIpc) is 2.38. The third-order valence-corrected chi connectivity index (χ3v) is 4.78. The quantitative estimate of drug-likeness (QED) is 0.805. The van der Waals surface area contributed by atoms with Crippen molar-refractivity contribution in [1.82, 2.24) is 5.32 Å². The molecule has 1 atom stereocenters. The predicted octanol–water partition coefficient (Wildman–Crippen LogP) is 4.07. The first-order chi connectivity index (χ1) is 9.58. The van der Waals surface area contributed by atoms with Gasteiger partial charge in [0.25, 0.3) is 0 Å². The van der Waals surface area contributed by atoms with E-state index in [0.717, 1.165) is 35.8 Å². The second-order valence-electron chi connectivity index (χ2n) is 5.64. The topological polar surface area (TPSA) is 21.3 Å². The number of likely N-dealkylation sites (N-methyl/N-ethyl adjacent to an activating group) is 1. The van der Waals surface area contributed by atoms with Gasteiger partial charge in [-0.1, -0.05) is 22.9 Å². The number of ether oxygens (including phenoxy) is 1. The van der Waals surface area contributed by atoms with Gasteiger partial charge in [-0.2, -0.15) is 0 Å². The van der Waals surface area contributed by atoms with Gasteiger partial charge in [-0.15, -0.1) is 0 Å². The number of hydrogen-bond donors (Lipinski definition) is 1. The molecule has 2 nitrogen and oxygen atoms in total. The van der Waals surface area contributed by atoms with Gasteiger partial charge in [0.1, 0.15) is 5.82 Å². The molecular formula is C16H23BrFNO. The van der Waals surface area contributed by atoms with Crippen molar-refractivity contribution in [2.75, 3.05) is 13.7 Å². The largest absolute Gasteiger partial charge is 0.378 e. The summed E-state index contributed by atoms with van der Waals surface area (Å²) in [6.07, 6.45) is 5.12. The third-order valence-electron chi connectivity index (χ3n) is 4.28. The molecule has 0 aromatic heterocycles. The van der Waals surface area contributed by atoms with Gasteiger partial charge in [-0.3, -0.25) is 0 Å². The summed E-state index contributed by atoms with van der Waals surface area (Å²) in [6, 6.07) is 5.39. The average molecular weight is 344 g/mol. The van der Waals surface area contributed by atoms with E-state index >= 15 is 0 Å². The Morgan fingerprint density at radius 1 is 1.45 bits per heavy atom. The fraction of sp³-hybridized carbons (Fsp3) is 0.625. The SMILES string of the molecule is CCNC(Cc1cc(Br)ccc1F)CC1(OC)CCC1. The van der Waals surface area contributed by atoms with Crippen molar-refractivity contribution in [2.24, 2.45) is 0 Å². The normalized spacial score (nSPS) is 18.6. The summed E-state index contributed by atoms with van der Waals surface area (Å²) < 4.78 is 20.5. The van der Waals surface area contributed by atoms with Crippen molar-refractivity contribution in [2.45, 2.75) is 50.7 Å². The van der Waals surface area contributed by atoms with Crippen LogP contribution in [0.25, 0.3) is 0 Å². The molecule has 1 saturated carbocycles. The highest BCUT2D eigenvalue weighted by Gasteiger charge is 2.38. The number of hydrogen-bond acceptors (Lipinski definition) is 2. The van der Waals surface area contributed by atoms with Crippen LogP contribution >= 0.6 is 15.9 Å². The van der Waals surface area contributed by atoms with Crippen LogP contribution in [-0.4, -0.2) is 25.3 Å². The van der Waals surface area contributed by atoms with Crippen molar-refractivity contribution in [3.8, 4) is 0 Å². The zero-order valence-corrected chi connectivity index (χ0v) is 13.8. The minimum atomic E-state index is -0.129. The van der Waals surface area contributed by atoms with E-state index in [0.29, 0.717) is 6.42 Å². The Morgan fingerprint density at radius 2 is 2.20 bits per heavy atom. The van der Waals surface area contributed by atoms with Crippen LogP contribution in [0.3, 0.4) is 0 Å². The zero-order chi connectivity index (χ0) is 14.6. The standard InChI is InChI=1S/C16H23BrFNO/c1-3-19-14(11-16(20-2)7-4-8-16)10-12-9-13(17)5-6-15(12)18/h5-6,9,14,19H,3-4,7-8,10-11H2,1-2H3. The van der Waals surface area contributed by atoms with Gasteiger partial charge in [-0.25, -0.2) is 4.39 Å². The number of benzene rings is 1. The maximum absolute atomic E-state index is 13.9. The summed E-state index contributed by atoms with van der Waals surface area (Å²) in [5.74, 6) is -0.129. The van der Waals surface area contributed by atoms with E-state index in [-0.39, 0.29) is 17.5 Å². The number of rotatable bonds is 7. The Kier molecular flexibility index (Phi) is 5.58. The van der Waals surface area contributed by atoms with Crippen LogP contribution in [0.2, 0.25) is 0 Å². The first-order valence-corrected chi connectivity index (χ1v) is 8.10. The van der Waals surface area contributed by atoms with Crippen LogP contribution in [-0.2, 0) is 11.2 Å². The van der Waals surface area contributed by atoms with Crippen LogP contribution in [0.15, 0.2) is 22.7 Å². The van der Waals surface area contributed by atoms with E-state index in [1.807, 2.05) is 6.07 Å². The summed E-state index contributed by atoms with van der Waals surface area (Å²) in [5, 5.41) is 3.47. The van der Waals surface area contributed by atoms with E-state index in [4.69, 9.17) is 4.74 Å². The van der Waals surface area contributed by atoms with Crippen LogP contribution in [0.5, 0.6) is 0 Å². The molecule has 0 heterocycles. The molecule has 0 bridgehead atoms. The first kappa shape index (κ1) is 15.9. The Hall–Kier alpha value is -0.450. The van der Waals surface area contributed by atoms with Gasteiger partial charge in [-0.05, 0) is 62.4 Å². The van der Waals surface area contributed by atoms with Crippen LogP contribution in [0.1, 0.15) is 38.2 Å².